The number of carbonyl (C=O) groups excluding carboxylic acids is 2. The van der Waals surface area contributed by atoms with Gasteiger partial charge in [0.1, 0.15) is 11.6 Å². The van der Waals surface area contributed by atoms with E-state index in [1.165, 1.54) is 37.5 Å². The average molecular weight is 483 g/mol. The quantitative estimate of drug-likeness (QED) is 0.328. The standard InChI is InChI=1S/C22H18ClF3N2O5/c1-3-32-20(29)12-33-18-7-4-13(9-19(18)31-2)8-14(11-27)21(30)28-15-5-6-17(23)16(10-15)22(24,25)26/h4-10H,3,12H2,1-2H3,(H,28,30)/b14-8+. The summed E-state index contributed by atoms with van der Waals surface area (Å²) in [6, 6.07) is 8.97. The van der Waals surface area contributed by atoms with Crippen LogP contribution in [0.4, 0.5) is 18.9 Å². The van der Waals surface area contributed by atoms with Crippen LogP contribution in [0.3, 0.4) is 0 Å². The third-order valence-corrected chi connectivity index (χ3v) is 4.37. The summed E-state index contributed by atoms with van der Waals surface area (Å²) < 4.78 is 54.3. The molecule has 0 heterocycles. The topological polar surface area (TPSA) is 97.7 Å². The Hall–Kier alpha value is -3.71. The van der Waals surface area contributed by atoms with E-state index in [2.05, 4.69) is 5.32 Å². The highest BCUT2D eigenvalue weighted by atomic mass is 35.5. The van der Waals surface area contributed by atoms with Crippen LogP contribution < -0.4 is 14.8 Å². The maximum absolute atomic E-state index is 13.0. The van der Waals surface area contributed by atoms with Gasteiger partial charge < -0.3 is 19.5 Å². The Morgan fingerprint density at radius 1 is 1.18 bits per heavy atom. The normalized spacial score (nSPS) is 11.4. The van der Waals surface area contributed by atoms with Crippen molar-refractivity contribution in [2.75, 3.05) is 25.6 Å². The van der Waals surface area contributed by atoms with Gasteiger partial charge in [0.05, 0.1) is 24.3 Å². The lowest BCUT2D eigenvalue weighted by Crippen LogP contribution is -2.15. The fourth-order valence-corrected chi connectivity index (χ4v) is 2.79. The molecule has 7 nitrogen and oxygen atoms in total. The minimum absolute atomic E-state index is 0.182. The fourth-order valence-electron chi connectivity index (χ4n) is 2.57. The molecular weight excluding hydrogens is 465 g/mol. The van der Waals surface area contributed by atoms with Crippen molar-refractivity contribution in [1.29, 1.82) is 5.26 Å². The van der Waals surface area contributed by atoms with E-state index in [0.717, 1.165) is 6.07 Å². The zero-order valence-corrected chi connectivity index (χ0v) is 18.2. The van der Waals surface area contributed by atoms with Crippen molar-refractivity contribution in [2.45, 2.75) is 13.1 Å². The van der Waals surface area contributed by atoms with Crippen LogP contribution in [-0.4, -0.2) is 32.2 Å². The van der Waals surface area contributed by atoms with Gasteiger partial charge in [0, 0.05) is 5.69 Å². The molecule has 2 aromatic carbocycles. The lowest BCUT2D eigenvalue weighted by Gasteiger charge is -2.12. The maximum Gasteiger partial charge on any atom is 0.417 e. The highest BCUT2D eigenvalue weighted by Gasteiger charge is 2.33. The second kappa shape index (κ2) is 11.2. The molecule has 0 aliphatic heterocycles. The monoisotopic (exact) mass is 482 g/mol. The zero-order chi connectivity index (χ0) is 24.6. The van der Waals surface area contributed by atoms with Gasteiger partial charge in [-0.25, -0.2) is 4.79 Å². The van der Waals surface area contributed by atoms with Crippen molar-refractivity contribution < 1.29 is 37.0 Å². The number of anilines is 1. The van der Waals surface area contributed by atoms with Gasteiger partial charge in [0.2, 0.25) is 0 Å². The van der Waals surface area contributed by atoms with Crippen molar-refractivity contribution in [3.8, 4) is 17.6 Å². The summed E-state index contributed by atoms with van der Waals surface area (Å²) in [7, 11) is 1.36. The molecule has 33 heavy (non-hydrogen) atoms. The molecule has 1 N–H and O–H groups in total. The molecule has 0 aromatic heterocycles. The molecule has 2 aromatic rings. The van der Waals surface area contributed by atoms with Gasteiger partial charge in [-0.1, -0.05) is 17.7 Å². The van der Waals surface area contributed by atoms with Crippen LogP contribution in [0.15, 0.2) is 42.0 Å². The molecule has 0 atom stereocenters. The number of hydrogen-bond donors (Lipinski definition) is 1. The second-order valence-corrected chi connectivity index (χ2v) is 6.73. The van der Waals surface area contributed by atoms with Crippen molar-refractivity contribution >= 4 is 35.2 Å². The van der Waals surface area contributed by atoms with Gasteiger partial charge in [-0.05, 0) is 48.9 Å². The molecule has 0 fully saturated rings. The summed E-state index contributed by atoms with van der Waals surface area (Å²) in [6.07, 6.45) is -3.49. The van der Waals surface area contributed by atoms with Gasteiger partial charge >= 0.3 is 12.1 Å². The van der Waals surface area contributed by atoms with Gasteiger partial charge in [-0.3, -0.25) is 4.79 Å². The highest BCUT2D eigenvalue weighted by Crippen LogP contribution is 2.36. The molecule has 0 spiro atoms. The SMILES string of the molecule is CCOC(=O)COc1ccc(/C=C(\C#N)C(=O)Nc2ccc(Cl)c(C(F)(F)F)c2)cc1OC. The molecule has 174 valence electrons. The Morgan fingerprint density at radius 3 is 2.52 bits per heavy atom. The van der Waals surface area contributed by atoms with E-state index in [1.54, 1.807) is 13.0 Å². The first-order valence-corrected chi connectivity index (χ1v) is 9.73. The predicted molar refractivity (Wildman–Crippen MR) is 114 cm³/mol. The van der Waals surface area contributed by atoms with E-state index in [-0.39, 0.29) is 36.0 Å². The smallest absolute Gasteiger partial charge is 0.417 e. The van der Waals surface area contributed by atoms with Crippen LogP contribution in [0.25, 0.3) is 6.08 Å². The van der Waals surface area contributed by atoms with Crippen LogP contribution in [0, 0.1) is 11.3 Å². The van der Waals surface area contributed by atoms with Gasteiger partial charge in [-0.15, -0.1) is 0 Å². The first-order valence-electron chi connectivity index (χ1n) is 9.35. The molecule has 2 rings (SSSR count). The van der Waals surface area contributed by atoms with Gasteiger partial charge in [0.25, 0.3) is 5.91 Å². The average Bonchev–Trinajstić information content (AvgIpc) is 2.76. The Labute approximate surface area is 192 Å². The van der Waals surface area contributed by atoms with E-state index in [4.69, 9.17) is 25.8 Å². The summed E-state index contributed by atoms with van der Waals surface area (Å²) in [4.78, 5) is 23.9. The number of methoxy groups -OCH3 is 1. The van der Waals surface area contributed by atoms with E-state index in [0.29, 0.717) is 11.6 Å². The number of nitriles is 1. The van der Waals surface area contributed by atoms with E-state index in [1.807, 2.05) is 0 Å². The third-order valence-electron chi connectivity index (χ3n) is 4.04. The maximum atomic E-state index is 13.0. The minimum atomic E-state index is -4.71. The van der Waals surface area contributed by atoms with Gasteiger partial charge in [0.15, 0.2) is 18.1 Å². The Balaban J connectivity index is 2.22. The first-order chi connectivity index (χ1) is 15.6. The number of amides is 1. The number of rotatable bonds is 8. The van der Waals surface area contributed by atoms with Crippen LogP contribution in [0.5, 0.6) is 11.5 Å². The summed E-state index contributed by atoms with van der Waals surface area (Å²) in [6.45, 7) is 1.52. The minimum Gasteiger partial charge on any atom is -0.493 e. The van der Waals surface area contributed by atoms with Crippen molar-refractivity contribution in [2.24, 2.45) is 0 Å². The molecule has 0 aliphatic rings. The van der Waals surface area contributed by atoms with Crippen LogP contribution in [0.1, 0.15) is 18.1 Å². The molecule has 0 radical (unpaired) electrons. The first kappa shape index (κ1) is 25.5. The highest BCUT2D eigenvalue weighted by molar-refractivity contribution is 6.31. The number of halogens is 4. The number of esters is 1. The van der Waals surface area contributed by atoms with Crippen LogP contribution in [0.2, 0.25) is 5.02 Å². The number of hydrogen-bond acceptors (Lipinski definition) is 6. The lowest BCUT2D eigenvalue weighted by atomic mass is 10.1. The summed E-state index contributed by atoms with van der Waals surface area (Å²) in [5, 5.41) is 11.1. The number of ether oxygens (including phenoxy) is 3. The largest absolute Gasteiger partial charge is 0.493 e. The molecule has 0 aliphatic carbocycles. The van der Waals surface area contributed by atoms with Gasteiger partial charge in [-0.2, -0.15) is 18.4 Å². The summed E-state index contributed by atoms with van der Waals surface area (Å²) in [5.74, 6) is -1.04. The molecule has 0 saturated heterocycles. The van der Waals surface area contributed by atoms with E-state index >= 15 is 0 Å². The number of alkyl halides is 3. The molecule has 0 saturated carbocycles. The zero-order valence-electron chi connectivity index (χ0n) is 17.5. The van der Waals surface area contributed by atoms with Crippen molar-refractivity contribution in [3.63, 3.8) is 0 Å². The van der Waals surface area contributed by atoms with Crippen LogP contribution >= 0.6 is 11.6 Å². The molecule has 0 bridgehead atoms. The Morgan fingerprint density at radius 2 is 1.91 bits per heavy atom. The Bertz CT molecular complexity index is 1110. The number of benzene rings is 2. The number of carbonyl (C=O) groups is 2. The van der Waals surface area contributed by atoms with E-state index < -0.39 is 28.6 Å². The number of nitrogens with zero attached hydrogens (tertiary/aromatic N) is 1. The molecule has 1 amide bonds. The van der Waals surface area contributed by atoms with Crippen molar-refractivity contribution in [1.82, 2.24) is 0 Å². The molecular formula is C22H18ClF3N2O5. The second-order valence-electron chi connectivity index (χ2n) is 6.32. The van der Waals surface area contributed by atoms with E-state index in [9.17, 15) is 28.0 Å². The molecule has 11 heteroatoms. The lowest BCUT2D eigenvalue weighted by molar-refractivity contribution is -0.145. The van der Waals surface area contributed by atoms with Crippen LogP contribution in [-0.2, 0) is 20.5 Å². The summed E-state index contributed by atoms with van der Waals surface area (Å²) in [5.41, 5.74) is -1.30. The predicted octanol–water partition coefficient (Wildman–Crippen LogP) is 4.85. The summed E-state index contributed by atoms with van der Waals surface area (Å²) >= 11 is 5.57. The number of nitrogens with one attached hydrogen (secondary N) is 1. The molecule has 0 unspecified atom stereocenters. The third kappa shape index (κ3) is 7.15. The van der Waals surface area contributed by atoms with Crippen molar-refractivity contribution in [3.05, 3.63) is 58.1 Å². The fraction of sp³-hybridized carbons (Fsp3) is 0.227. The Kier molecular flexibility index (Phi) is 8.70.